The van der Waals surface area contributed by atoms with E-state index in [0.29, 0.717) is 12.2 Å². The molecule has 4 unspecified atom stereocenters. The van der Waals surface area contributed by atoms with E-state index in [4.69, 9.17) is 17.7 Å². The van der Waals surface area contributed by atoms with Gasteiger partial charge in [-0.3, -0.25) is 0 Å². The molecule has 0 spiro atoms. The van der Waals surface area contributed by atoms with Crippen LogP contribution in [0.3, 0.4) is 0 Å². The smallest absolute Gasteiger partial charge is 0.325 e. The lowest BCUT2D eigenvalue weighted by Crippen LogP contribution is -2.50. The van der Waals surface area contributed by atoms with Crippen LogP contribution in [-0.4, -0.2) is 51.5 Å². The highest BCUT2D eigenvalue weighted by Gasteiger charge is 2.45. The predicted octanol–water partition coefficient (Wildman–Crippen LogP) is 6.60. The fourth-order valence-corrected chi connectivity index (χ4v) is 12.5. The Morgan fingerprint density at radius 3 is 2.04 bits per heavy atom. The van der Waals surface area contributed by atoms with Gasteiger partial charge in [0.25, 0.3) is 0 Å². The molecule has 27 heavy (non-hydrogen) atoms. The van der Waals surface area contributed by atoms with Crippen LogP contribution in [0.1, 0.15) is 62.8 Å². The van der Waals surface area contributed by atoms with Crippen molar-refractivity contribution in [3.63, 3.8) is 0 Å². The second-order valence-corrected chi connectivity index (χ2v) is 18.2. The minimum absolute atomic E-state index is 0. The van der Waals surface area contributed by atoms with Crippen LogP contribution in [0.15, 0.2) is 0 Å². The number of hydrogen-bond donors (Lipinski definition) is 0. The van der Waals surface area contributed by atoms with Gasteiger partial charge in [-0.15, -0.1) is 0 Å². The first kappa shape index (κ1) is 35.0. The van der Waals surface area contributed by atoms with Crippen LogP contribution in [0.4, 0.5) is 0 Å². The number of fused-ring (bicyclic) bond motifs is 1. The van der Waals surface area contributed by atoms with Gasteiger partial charge in [-0.2, -0.15) is 0 Å². The molecule has 0 aromatic heterocycles. The van der Waals surface area contributed by atoms with Crippen LogP contribution < -0.4 is 0 Å². The van der Waals surface area contributed by atoms with Gasteiger partial charge in [-0.25, -0.2) is 0 Å². The van der Waals surface area contributed by atoms with Gasteiger partial charge in [0.15, 0.2) is 0 Å². The molecule has 7 heteroatoms. The maximum absolute atomic E-state index is 6.48. The van der Waals surface area contributed by atoms with E-state index in [1.165, 1.54) is 25.7 Å². The van der Waals surface area contributed by atoms with Crippen molar-refractivity contribution in [2.45, 2.75) is 114 Å². The van der Waals surface area contributed by atoms with Crippen molar-refractivity contribution in [2.24, 2.45) is 5.92 Å². The Hall–Kier alpha value is 0.491. The van der Waals surface area contributed by atoms with E-state index in [-0.39, 0.29) is 37.1 Å². The molecule has 0 aromatic rings. The molecule has 0 aromatic carbocycles. The van der Waals surface area contributed by atoms with Gasteiger partial charge in [0.1, 0.15) is 0 Å². The predicted molar refractivity (Wildman–Crippen MR) is 131 cm³/mol. The number of hydrogen-bond acceptors (Lipinski definition) is 4. The lowest BCUT2D eigenvalue weighted by atomic mass is 9.88. The van der Waals surface area contributed by atoms with Gasteiger partial charge in [0.05, 0.1) is 21.0 Å². The third-order valence-corrected chi connectivity index (χ3v) is 12.6. The Morgan fingerprint density at radius 2 is 1.56 bits per heavy atom. The lowest BCUT2D eigenvalue weighted by Gasteiger charge is -2.35. The molecule has 0 bridgehead atoms. The molecule has 2 fully saturated rings. The summed E-state index contributed by atoms with van der Waals surface area (Å²) in [4.78, 5) is 0. The molecule has 0 N–H and O–H groups in total. The second-order valence-electron chi connectivity index (χ2n) is 7.98. The molecule has 2 aliphatic rings. The summed E-state index contributed by atoms with van der Waals surface area (Å²) in [7, 11) is -3.06. The monoisotopic (exact) mass is 442 g/mol. The van der Waals surface area contributed by atoms with Crippen LogP contribution in [0, 0.1) is 5.92 Å². The summed E-state index contributed by atoms with van der Waals surface area (Å²) in [6.45, 7) is 11.2. The number of ether oxygens (including phenoxy) is 1. The molecule has 1 saturated heterocycles. The fourth-order valence-electron chi connectivity index (χ4n) is 3.33. The largest absolute Gasteiger partial charge is 0.415 e. The quantitative estimate of drug-likeness (QED) is 0.298. The average Bonchev–Trinajstić information content (AvgIpc) is 3.21. The molecular weight excluding hydrogens is 388 g/mol. The maximum Gasteiger partial charge on any atom is 0.325 e. The molecule has 1 saturated carbocycles. The summed E-state index contributed by atoms with van der Waals surface area (Å²) >= 11 is 0. The van der Waals surface area contributed by atoms with Crippen molar-refractivity contribution in [3.8, 4) is 0 Å². The molecular formula is C20H54O4Si3. The zero-order valence-corrected chi connectivity index (χ0v) is 18.3. The third kappa shape index (κ3) is 11.9. The van der Waals surface area contributed by atoms with E-state index >= 15 is 0 Å². The highest BCUT2D eigenvalue weighted by atomic mass is 28.5. The van der Waals surface area contributed by atoms with E-state index in [2.05, 4.69) is 32.7 Å². The van der Waals surface area contributed by atoms with Crippen LogP contribution in [0.25, 0.3) is 0 Å². The highest BCUT2D eigenvalue weighted by Crippen LogP contribution is 2.41. The Morgan fingerprint density at radius 1 is 0.963 bits per heavy atom. The number of rotatable bonds is 9. The van der Waals surface area contributed by atoms with Gasteiger partial charge in [0, 0.05) is 13.3 Å². The Bertz CT molecular complexity index is 369. The minimum Gasteiger partial charge on any atom is -0.415 e. The Kier molecular flexibility index (Phi) is 18.7. The standard InChI is InChI=1S/C15H34O4Si3.5CH4/c1-16-22(6,19-21(4,5)17-12-20(2)3)10-9-13-7-8-14-15(11-13)18-14;;;;;/h13-15,20H,7-12H2,1-6H3;5*1H4. The van der Waals surface area contributed by atoms with Crippen molar-refractivity contribution in [1.82, 2.24) is 0 Å². The van der Waals surface area contributed by atoms with Gasteiger partial charge in [-0.1, -0.05) is 50.2 Å². The van der Waals surface area contributed by atoms with E-state index in [1.54, 1.807) is 0 Å². The van der Waals surface area contributed by atoms with E-state index in [9.17, 15) is 0 Å². The molecule has 1 heterocycles. The average molecular weight is 443 g/mol. The first-order valence-corrected chi connectivity index (χ1v) is 17.2. The van der Waals surface area contributed by atoms with Gasteiger partial charge < -0.3 is 17.7 Å². The van der Waals surface area contributed by atoms with Gasteiger partial charge in [0.2, 0.25) is 0 Å². The normalized spacial score (nSPS) is 25.2. The van der Waals surface area contributed by atoms with E-state index < -0.39 is 25.9 Å². The lowest BCUT2D eigenvalue weighted by molar-refractivity contribution is 0.231. The zero-order chi connectivity index (χ0) is 16.4. The van der Waals surface area contributed by atoms with Crippen molar-refractivity contribution in [1.29, 1.82) is 0 Å². The van der Waals surface area contributed by atoms with Gasteiger partial charge in [-0.05, 0) is 57.3 Å². The molecule has 4 nitrogen and oxygen atoms in total. The van der Waals surface area contributed by atoms with Crippen LogP contribution in [0.5, 0.6) is 0 Å². The second kappa shape index (κ2) is 14.5. The first-order valence-electron chi connectivity index (χ1n) is 8.78. The molecule has 170 valence electrons. The summed E-state index contributed by atoms with van der Waals surface area (Å²) in [5.74, 6) is 0.795. The summed E-state index contributed by atoms with van der Waals surface area (Å²) in [6.07, 6.45) is 7.10. The van der Waals surface area contributed by atoms with Crippen molar-refractivity contribution in [3.05, 3.63) is 0 Å². The summed E-state index contributed by atoms with van der Waals surface area (Å²) < 4.78 is 24.1. The SMILES string of the molecule is C.C.C.C.C.CO[Si](C)(CCC1CCC2OC2C1)O[Si](C)(C)OC[SiH](C)C. The van der Waals surface area contributed by atoms with Crippen molar-refractivity contribution >= 4 is 25.9 Å². The van der Waals surface area contributed by atoms with E-state index in [0.717, 1.165) is 18.2 Å². The molecule has 4 atom stereocenters. The Labute approximate surface area is 176 Å². The van der Waals surface area contributed by atoms with Crippen LogP contribution >= 0.6 is 0 Å². The fraction of sp³-hybridized carbons (Fsp3) is 1.00. The first-order chi connectivity index (χ1) is 10.2. The van der Waals surface area contributed by atoms with E-state index in [1.807, 2.05) is 7.11 Å². The number of epoxide rings is 1. The topological polar surface area (TPSA) is 40.2 Å². The molecule has 1 aliphatic heterocycles. The molecule has 1 aliphatic carbocycles. The molecule has 0 radical (unpaired) electrons. The molecule has 2 rings (SSSR count). The summed E-state index contributed by atoms with van der Waals surface area (Å²) in [5.41, 5.74) is 0. The minimum atomic E-state index is -2.11. The van der Waals surface area contributed by atoms with Crippen LogP contribution in [-0.2, 0) is 17.7 Å². The maximum atomic E-state index is 6.48. The summed E-state index contributed by atoms with van der Waals surface area (Å²) in [6, 6.07) is 1.07. The van der Waals surface area contributed by atoms with Crippen LogP contribution in [0.2, 0.25) is 38.8 Å². The van der Waals surface area contributed by atoms with Crippen molar-refractivity contribution in [2.75, 3.05) is 13.3 Å². The van der Waals surface area contributed by atoms with Gasteiger partial charge >= 0.3 is 17.1 Å². The van der Waals surface area contributed by atoms with Crippen molar-refractivity contribution < 1.29 is 17.7 Å². The zero-order valence-electron chi connectivity index (χ0n) is 15.2. The highest BCUT2D eigenvalue weighted by molar-refractivity contribution is 6.79. The third-order valence-electron chi connectivity index (χ3n) is 4.78. The Balaban J connectivity index is -0.000000529. The summed E-state index contributed by atoms with van der Waals surface area (Å²) in [5, 5.41) is 0. The molecule has 0 amide bonds.